The van der Waals surface area contributed by atoms with Crippen LogP contribution in [0.25, 0.3) is 6.08 Å². The molecule has 7 nitrogen and oxygen atoms in total. The summed E-state index contributed by atoms with van der Waals surface area (Å²) in [5.74, 6) is 0.621. The summed E-state index contributed by atoms with van der Waals surface area (Å²) in [4.78, 5) is 16.9. The molecule has 7 heteroatoms. The largest absolute Gasteiger partial charge is 0.385 e. The molecule has 0 unspecified atom stereocenters. The molecule has 0 bridgehead atoms. The molecule has 0 spiro atoms. The standard InChI is InChI=1S/C22H29N5O2/c1-29-18-6-12-23-21-11-10-20(24-25-21)22(28)27-16-14-26(15-17-27)13-5-9-19-7-3-2-4-8-19/h2-5,7-11H,6,12-18H2,1H3,(H,23,25)/b9-5+. The lowest BCUT2D eigenvalue weighted by molar-refractivity contribution is 0.0643. The number of methoxy groups -OCH3 is 1. The normalized spacial score (nSPS) is 15.0. The monoisotopic (exact) mass is 395 g/mol. The molecule has 1 N–H and O–H groups in total. The van der Waals surface area contributed by atoms with Crippen molar-refractivity contribution in [2.45, 2.75) is 6.42 Å². The summed E-state index contributed by atoms with van der Waals surface area (Å²) in [5.41, 5.74) is 1.60. The summed E-state index contributed by atoms with van der Waals surface area (Å²) in [6.07, 6.45) is 5.21. The Hall–Kier alpha value is -2.77. The van der Waals surface area contributed by atoms with E-state index in [2.05, 4.69) is 44.7 Å². The van der Waals surface area contributed by atoms with E-state index in [9.17, 15) is 4.79 Å². The van der Waals surface area contributed by atoms with Crippen LogP contribution in [-0.4, -0.2) is 78.9 Å². The minimum atomic E-state index is -0.0529. The Morgan fingerprint density at radius 2 is 1.90 bits per heavy atom. The molecule has 1 fully saturated rings. The van der Waals surface area contributed by atoms with E-state index < -0.39 is 0 Å². The first-order valence-electron chi connectivity index (χ1n) is 10.1. The number of anilines is 1. The number of nitrogens with zero attached hydrogens (tertiary/aromatic N) is 4. The maximum Gasteiger partial charge on any atom is 0.274 e. The van der Waals surface area contributed by atoms with Gasteiger partial charge in [-0.25, -0.2) is 0 Å². The van der Waals surface area contributed by atoms with Crippen LogP contribution in [0.3, 0.4) is 0 Å². The van der Waals surface area contributed by atoms with Crippen molar-refractivity contribution in [3.8, 4) is 0 Å². The smallest absolute Gasteiger partial charge is 0.274 e. The molecule has 1 aliphatic heterocycles. The van der Waals surface area contributed by atoms with Crippen LogP contribution in [-0.2, 0) is 4.74 Å². The number of aromatic nitrogens is 2. The second-order valence-electron chi connectivity index (χ2n) is 6.98. The first-order chi connectivity index (χ1) is 14.3. The third-order valence-corrected chi connectivity index (χ3v) is 4.85. The van der Waals surface area contributed by atoms with Crippen molar-refractivity contribution in [1.82, 2.24) is 20.0 Å². The van der Waals surface area contributed by atoms with E-state index in [-0.39, 0.29) is 5.91 Å². The number of carbonyl (C=O) groups excluding carboxylic acids is 1. The van der Waals surface area contributed by atoms with Gasteiger partial charge in [-0.3, -0.25) is 9.69 Å². The lowest BCUT2D eigenvalue weighted by Gasteiger charge is -2.33. The molecule has 2 aromatic rings. The number of nitrogens with one attached hydrogen (secondary N) is 1. The molecule has 0 aliphatic carbocycles. The Morgan fingerprint density at radius 1 is 1.10 bits per heavy atom. The van der Waals surface area contributed by atoms with Crippen molar-refractivity contribution < 1.29 is 9.53 Å². The number of hydrogen-bond acceptors (Lipinski definition) is 6. The van der Waals surface area contributed by atoms with E-state index in [1.165, 1.54) is 5.56 Å². The molecular formula is C22H29N5O2. The van der Waals surface area contributed by atoms with E-state index >= 15 is 0 Å². The number of amides is 1. The van der Waals surface area contributed by atoms with Crippen molar-refractivity contribution in [2.24, 2.45) is 0 Å². The van der Waals surface area contributed by atoms with E-state index in [4.69, 9.17) is 4.74 Å². The predicted octanol–water partition coefficient (Wildman–Crippen LogP) is 2.40. The highest BCUT2D eigenvalue weighted by molar-refractivity contribution is 5.92. The molecule has 1 amide bonds. The van der Waals surface area contributed by atoms with Gasteiger partial charge in [0.1, 0.15) is 5.82 Å². The second kappa shape index (κ2) is 11.3. The Balaban J connectivity index is 1.42. The van der Waals surface area contributed by atoms with E-state index in [0.717, 1.165) is 32.6 Å². The molecule has 3 rings (SSSR count). The van der Waals surface area contributed by atoms with Crippen LogP contribution >= 0.6 is 0 Å². The van der Waals surface area contributed by atoms with Crippen molar-refractivity contribution >= 4 is 17.8 Å². The maximum absolute atomic E-state index is 12.7. The average Bonchev–Trinajstić information content (AvgIpc) is 2.78. The number of ether oxygens (including phenoxy) is 1. The van der Waals surface area contributed by atoms with Crippen LogP contribution in [0, 0.1) is 0 Å². The first-order valence-corrected chi connectivity index (χ1v) is 10.1. The van der Waals surface area contributed by atoms with Crippen LogP contribution in [0.5, 0.6) is 0 Å². The molecule has 2 heterocycles. The fourth-order valence-corrected chi connectivity index (χ4v) is 3.17. The van der Waals surface area contributed by atoms with Gasteiger partial charge in [-0.1, -0.05) is 42.5 Å². The van der Waals surface area contributed by atoms with Crippen molar-refractivity contribution in [1.29, 1.82) is 0 Å². The lowest BCUT2D eigenvalue weighted by Crippen LogP contribution is -2.48. The Bertz CT molecular complexity index is 772. The third-order valence-electron chi connectivity index (χ3n) is 4.85. The quantitative estimate of drug-likeness (QED) is 0.658. The summed E-state index contributed by atoms with van der Waals surface area (Å²) in [7, 11) is 1.68. The molecule has 0 atom stereocenters. The van der Waals surface area contributed by atoms with Gasteiger partial charge in [-0.05, 0) is 24.1 Å². The minimum Gasteiger partial charge on any atom is -0.385 e. The molecule has 0 radical (unpaired) electrons. The van der Waals surface area contributed by atoms with Gasteiger partial charge in [0.05, 0.1) is 0 Å². The lowest BCUT2D eigenvalue weighted by atomic mass is 10.2. The summed E-state index contributed by atoms with van der Waals surface area (Å²) in [5, 5.41) is 11.4. The first kappa shape index (κ1) is 21.0. The number of rotatable bonds is 9. The van der Waals surface area contributed by atoms with Crippen molar-refractivity contribution in [3.63, 3.8) is 0 Å². The van der Waals surface area contributed by atoms with Crippen LogP contribution in [0.2, 0.25) is 0 Å². The summed E-state index contributed by atoms with van der Waals surface area (Å²) in [6.45, 7) is 5.48. The SMILES string of the molecule is COCCCNc1ccc(C(=O)N2CCN(C/C=C/c3ccccc3)CC2)nn1. The fraction of sp³-hybridized carbons (Fsp3) is 0.409. The van der Waals surface area contributed by atoms with Gasteiger partial charge in [0.2, 0.25) is 0 Å². The van der Waals surface area contributed by atoms with Gasteiger partial charge in [-0.2, -0.15) is 0 Å². The molecular weight excluding hydrogens is 366 g/mol. The van der Waals surface area contributed by atoms with Gasteiger partial charge < -0.3 is 15.0 Å². The molecule has 1 saturated heterocycles. The van der Waals surface area contributed by atoms with Crippen molar-refractivity contribution in [3.05, 3.63) is 59.8 Å². The maximum atomic E-state index is 12.7. The molecule has 29 heavy (non-hydrogen) atoms. The molecule has 0 saturated carbocycles. The summed E-state index contributed by atoms with van der Waals surface area (Å²) in [6, 6.07) is 13.8. The third kappa shape index (κ3) is 6.66. The van der Waals surface area contributed by atoms with Gasteiger partial charge in [-0.15, -0.1) is 10.2 Å². The van der Waals surface area contributed by atoms with Gasteiger partial charge in [0.15, 0.2) is 5.69 Å². The predicted molar refractivity (Wildman–Crippen MR) is 115 cm³/mol. The van der Waals surface area contributed by atoms with E-state index in [1.807, 2.05) is 23.1 Å². The Labute approximate surface area is 172 Å². The second-order valence-corrected chi connectivity index (χ2v) is 6.98. The van der Waals surface area contributed by atoms with Crippen LogP contribution in [0.15, 0.2) is 48.5 Å². The van der Waals surface area contributed by atoms with Gasteiger partial charge in [0, 0.05) is 53.0 Å². The number of piperazine rings is 1. The molecule has 1 aliphatic rings. The van der Waals surface area contributed by atoms with E-state index in [0.29, 0.717) is 31.2 Å². The number of carbonyl (C=O) groups is 1. The van der Waals surface area contributed by atoms with Crippen LogP contribution in [0.1, 0.15) is 22.5 Å². The van der Waals surface area contributed by atoms with E-state index in [1.54, 1.807) is 19.2 Å². The molecule has 154 valence electrons. The van der Waals surface area contributed by atoms with Gasteiger partial charge in [0.25, 0.3) is 5.91 Å². The summed E-state index contributed by atoms with van der Waals surface area (Å²) >= 11 is 0. The van der Waals surface area contributed by atoms with Gasteiger partial charge >= 0.3 is 0 Å². The zero-order valence-electron chi connectivity index (χ0n) is 17.0. The summed E-state index contributed by atoms with van der Waals surface area (Å²) < 4.78 is 5.01. The highest BCUT2D eigenvalue weighted by Gasteiger charge is 2.22. The Morgan fingerprint density at radius 3 is 2.59 bits per heavy atom. The fourth-order valence-electron chi connectivity index (χ4n) is 3.17. The zero-order chi connectivity index (χ0) is 20.3. The highest BCUT2D eigenvalue weighted by atomic mass is 16.5. The highest BCUT2D eigenvalue weighted by Crippen LogP contribution is 2.09. The number of benzene rings is 1. The molecule has 1 aromatic carbocycles. The van der Waals surface area contributed by atoms with Crippen LogP contribution < -0.4 is 5.32 Å². The number of hydrogen-bond donors (Lipinski definition) is 1. The Kier molecular flexibility index (Phi) is 8.15. The minimum absolute atomic E-state index is 0.0529. The van der Waals surface area contributed by atoms with Crippen molar-refractivity contribution in [2.75, 3.05) is 58.3 Å². The van der Waals surface area contributed by atoms with Crippen LogP contribution in [0.4, 0.5) is 5.82 Å². The topological polar surface area (TPSA) is 70.6 Å². The average molecular weight is 396 g/mol. The molecule has 1 aromatic heterocycles. The zero-order valence-corrected chi connectivity index (χ0v) is 17.0.